The van der Waals surface area contributed by atoms with Gasteiger partial charge in [-0.05, 0) is 67.1 Å². The Bertz CT molecular complexity index is 1240. The summed E-state index contributed by atoms with van der Waals surface area (Å²) in [6.45, 7) is 6.65. The molecule has 192 valence electrons. The fourth-order valence-electron chi connectivity index (χ4n) is 4.85. The third-order valence-electron chi connectivity index (χ3n) is 6.92. The normalized spacial score (nSPS) is 13.6. The van der Waals surface area contributed by atoms with Crippen molar-refractivity contribution in [3.8, 4) is 11.6 Å². The summed E-state index contributed by atoms with van der Waals surface area (Å²) in [5.74, 6) is -1.29. The van der Waals surface area contributed by atoms with E-state index in [9.17, 15) is 15.0 Å². The zero-order valence-electron chi connectivity index (χ0n) is 23.7. The second kappa shape index (κ2) is 14.3. The van der Waals surface area contributed by atoms with E-state index in [1.807, 2.05) is 18.2 Å². The maximum absolute atomic E-state index is 12.7. The molecule has 1 atom stereocenters. The number of carbonyl (C=O) groups is 1. The van der Waals surface area contributed by atoms with Gasteiger partial charge in [-0.3, -0.25) is 4.98 Å². The van der Waals surface area contributed by atoms with Crippen molar-refractivity contribution in [2.45, 2.75) is 77.0 Å². The molecule has 0 saturated heterocycles. The molecule has 0 amide bonds. The van der Waals surface area contributed by atoms with Crippen LogP contribution in [0.5, 0.6) is 11.6 Å². The van der Waals surface area contributed by atoms with Gasteiger partial charge in [-0.2, -0.15) is 5.10 Å². The molecule has 0 saturated carbocycles. The van der Waals surface area contributed by atoms with Crippen molar-refractivity contribution in [3.63, 3.8) is 0 Å². The van der Waals surface area contributed by atoms with E-state index in [-0.39, 0.29) is 76.7 Å². The SMILES string of the molecule is Cn1nc(CC(CC(=O)[O-])c2cc(C(C)(C)C)ccc2[O-])cc1OCCc1ccc2c(n1)CCCC2.[Na+].[Na+]. The van der Waals surface area contributed by atoms with Gasteiger partial charge in [-0.25, -0.2) is 4.68 Å². The van der Waals surface area contributed by atoms with E-state index < -0.39 is 11.9 Å². The first-order valence-electron chi connectivity index (χ1n) is 12.7. The number of hydrogen-bond donors (Lipinski definition) is 0. The number of aryl methyl sites for hydroxylation is 3. The number of fused-ring (bicyclic) bond motifs is 1. The largest absolute Gasteiger partial charge is 1.00 e. The standard InChI is InChI=1S/C29H37N3O4.2Na/c1-29(2,3)21-10-12-26(33)24(17-21)20(16-28(34)35)15-23-18-27(32(4)31-23)36-14-13-22-11-9-19-7-5-6-8-25(19)30-22;;/h9-12,17-18,20,33H,5-8,13-16H2,1-4H3,(H,34,35);;/q;2*+1/p-2. The number of carbonyl (C=O) groups excluding carboxylic acids is 1. The van der Waals surface area contributed by atoms with E-state index in [4.69, 9.17) is 9.72 Å². The fraction of sp³-hybridized carbons (Fsp3) is 0.483. The molecule has 38 heavy (non-hydrogen) atoms. The summed E-state index contributed by atoms with van der Waals surface area (Å²) in [6.07, 6.45) is 5.35. The number of carboxylic acids is 1. The zero-order valence-corrected chi connectivity index (χ0v) is 27.7. The van der Waals surface area contributed by atoms with Gasteiger partial charge < -0.3 is 19.7 Å². The minimum Gasteiger partial charge on any atom is -0.872 e. The Hall–Kier alpha value is -1.35. The van der Waals surface area contributed by atoms with Crippen LogP contribution in [0, 0.1) is 0 Å². The Morgan fingerprint density at radius 1 is 1.08 bits per heavy atom. The molecule has 0 N–H and O–H groups in total. The molecular weight excluding hydrogens is 500 g/mol. The van der Waals surface area contributed by atoms with Crippen LogP contribution in [0.4, 0.5) is 0 Å². The minimum absolute atomic E-state index is 0. The number of aromatic nitrogens is 3. The van der Waals surface area contributed by atoms with E-state index in [2.05, 4.69) is 38.0 Å². The summed E-state index contributed by atoms with van der Waals surface area (Å²) >= 11 is 0. The molecule has 1 unspecified atom stereocenters. The summed E-state index contributed by atoms with van der Waals surface area (Å²) in [5, 5.41) is 28.7. The Morgan fingerprint density at radius 2 is 1.82 bits per heavy atom. The Kier molecular flexibility index (Phi) is 12.4. The second-order valence-corrected chi connectivity index (χ2v) is 10.8. The van der Waals surface area contributed by atoms with Crippen LogP contribution in [0.15, 0.2) is 36.4 Å². The molecule has 1 aromatic carbocycles. The van der Waals surface area contributed by atoms with Crippen LogP contribution in [0.25, 0.3) is 0 Å². The van der Waals surface area contributed by atoms with Crippen LogP contribution in [0.3, 0.4) is 0 Å². The van der Waals surface area contributed by atoms with Crippen LogP contribution in [-0.2, 0) is 42.9 Å². The van der Waals surface area contributed by atoms with Gasteiger partial charge in [0, 0.05) is 36.9 Å². The molecule has 9 heteroatoms. The molecule has 3 aromatic rings. The predicted octanol–water partition coefficient (Wildman–Crippen LogP) is -2.84. The quantitative estimate of drug-likeness (QED) is 0.274. The van der Waals surface area contributed by atoms with Crippen molar-refractivity contribution in [2.75, 3.05) is 6.61 Å². The van der Waals surface area contributed by atoms with Crippen molar-refractivity contribution >= 4 is 5.97 Å². The smallest absolute Gasteiger partial charge is 0.872 e. The van der Waals surface area contributed by atoms with Gasteiger partial charge in [0.05, 0.1) is 12.3 Å². The molecule has 0 bridgehead atoms. The first-order valence-corrected chi connectivity index (χ1v) is 12.7. The average Bonchev–Trinajstić information content (AvgIpc) is 3.16. The predicted molar refractivity (Wildman–Crippen MR) is 134 cm³/mol. The number of hydrogen-bond acceptors (Lipinski definition) is 6. The molecule has 2 aromatic heterocycles. The molecule has 7 nitrogen and oxygen atoms in total. The maximum atomic E-state index is 12.7. The molecule has 0 spiro atoms. The molecule has 0 aliphatic heterocycles. The molecular formula is C29H35N3Na2O4. The maximum Gasteiger partial charge on any atom is 1.00 e. The van der Waals surface area contributed by atoms with Crippen LogP contribution in [0.1, 0.15) is 79.7 Å². The van der Waals surface area contributed by atoms with Gasteiger partial charge in [0.15, 0.2) is 0 Å². The van der Waals surface area contributed by atoms with Gasteiger partial charge in [0.25, 0.3) is 0 Å². The minimum atomic E-state index is -1.19. The summed E-state index contributed by atoms with van der Waals surface area (Å²) in [6, 6.07) is 11.3. The molecule has 1 aliphatic carbocycles. The van der Waals surface area contributed by atoms with Gasteiger partial charge >= 0.3 is 59.1 Å². The summed E-state index contributed by atoms with van der Waals surface area (Å²) < 4.78 is 7.64. The van der Waals surface area contributed by atoms with E-state index in [1.54, 1.807) is 11.7 Å². The second-order valence-electron chi connectivity index (χ2n) is 10.8. The Labute approximate surface area is 270 Å². The summed E-state index contributed by atoms with van der Waals surface area (Å²) in [7, 11) is 1.79. The number of aliphatic carboxylic acids is 1. The van der Waals surface area contributed by atoms with Crippen LogP contribution in [0.2, 0.25) is 0 Å². The van der Waals surface area contributed by atoms with E-state index in [0.717, 1.165) is 24.1 Å². The molecule has 0 fully saturated rings. The average molecular weight is 536 g/mol. The van der Waals surface area contributed by atoms with Gasteiger partial charge in [0.1, 0.15) is 0 Å². The molecule has 2 heterocycles. The molecule has 4 rings (SSSR count). The third kappa shape index (κ3) is 8.57. The molecule has 0 radical (unpaired) electrons. The van der Waals surface area contributed by atoms with Gasteiger partial charge in [0.2, 0.25) is 5.88 Å². The number of ether oxygens (including phenoxy) is 1. The topological polar surface area (TPSA) is 103 Å². The Balaban J connectivity index is 0.00000253. The van der Waals surface area contributed by atoms with Crippen LogP contribution in [-0.4, -0.2) is 27.3 Å². The summed E-state index contributed by atoms with van der Waals surface area (Å²) in [4.78, 5) is 16.3. The van der Waals surface area contributed by atoms with Crippen molar-refractivity contribution < 1.29 is 78.9 Å². The first kappa shape index (κ1) is 32.9. The Morgan fingerprint density at radius 3 is 2.53 bits per heavy atom. The van der Waals surface area contributed by atoms with E-state index in [0.29, 0.717) is 36.6 Å². The van der Waals surface area contributed by atoms with Crippen molar-refractivity contribution in [1.82, 2.24) is 14.8 Å². The number of rotatable bonds is 9. The van der Waals surface area contributed by atoms with Crippen LogP contribution >= 0.6 is 0 Å². The van der Waals surface area contributed by atoms with Crippen LogP contribution < -0.4 is 74.1 Å². The van der Waals surface area contributed by atoms with Crippen molar-refractivity contribution in [1.29, 1.82) is 0 Å². The van der Waals surface area contributed by atoms with Crippen molar-refractivity contribution in [3.05, 3.63) is 70.2 Å². The number of pyridine rings is 1. The number of benzene rings is 1. The molecule has 1 aliphatic rings. The number of nitrogens with zero attached hydrogens (tertiary/aromatic N) is 3. The third-order valence-corrected chi connectivity index (χ3v) is 6.92. The van der Waals surface area contributed by atoms with Gasteiger partial charge in [-0.1, -0.05) is 50.6 Å². The number of carboxylic acid groups (broad SMARTS) is 1. The van der Waals surface area contributed by atoms with Crippen molar-refractivity contribution in [2.24, 2.45) is 7.05 Å². The first-order chi connectivity index (χ1) is 17.1. The van der Waals surface area contributed by atoms with E-state index in [1.165, 1.54) is 30.2 Å². The fourth-order valence-corrected chi connectivity index (χ4v) is 4.85. The van der Waals surface area contributed by atoms with E-state index >= 15 is 0 Å². The monoisotopic (exact) mass is 535 g/mol. The van der Waals surface area contributed by atoms with Gasteiger partial charge in [-0.15, -0.1) is 5.75 Å². The summed E-state index contributed by atoms with van der Waals surface area (Å²) in [5.41, 5.74) is 5.59. The zero-order chi connectivity index (χ0) is 25.9.